The Hall–Kier alpha value is -3.71. The van der Waals surface area contributed by atoms with E-state index in [1.54, 1.807) is 24.3 Å². The van der Waals surface area contributed by atoms with Crippen LogP contribution in [0.5, 0.6) is 0 Å². The number of carboxylic acid groups (broad SMARTS) is 1. The van der Waals surface area contributed by atoms with Gasteiger partial charge in [0.05, 0.1) is 12.6 Å². The predicted molar refractivity (Wildman–Crippen MR) is 138 cm³/mol. The van der Waals surface area contributed by atoms with Crippen LogP contribution in [0.4, 0.5) is 0 Å². The van der Waals surface area contributed by atoms with Gasteiger partial charge in [-0.05, 0) is 30.7 Å². The van der Waals surface area contributed by atoms with Crippen LogP contribution in [0.1, 0.15) is 38.7 Å². The molecule has 0 fully saturated rings. The Morgan fingerprint density at radius 2 is 1.49 bits per heavy atom. The molecule has 0 aliphatic heterocycles. The number of amides is 3. The minimum atomic E-state index is -1.52. The van der Waals surface area contributed by atoms with E-state index in [4.69, 9.17) is 22.3 Å². The maximum Gasteiger partial charge on any atom is 0.328 e. The monoisotopic (exact) mass is 521 g/mol. The largest absolute Gasteiger partial charge is 0.480 e. The maximum absolute atomic E-state index is 13.3. The number of carbonyl (C=O) groups is 4. The zero-order valence-electron chi connectivity index (χ0n) is 21.2. The third-order valence-electron chi connectivity index (χ3n) is 5.36. The summed E-state index contributed by atoms with van der Waals surface area (Å²) < 4.78 is 0. The number of aliphatic imine (C=N–C) groups is 1. The summed E-state index contributed by atoms with van der Waals surface area (Å²) in [5, 5.41) is 25.9. The van der Waals surface area contributed by atoms with Gasteiger partial charge in [0.1, 0.15) is 18.1 Å². The van der Waals surface area contributed by atoms with Crippen molar-refractivity contribution in [2.75, 3.05) is 13.2 Å². The third-order valence-corrected chi connectivity index (χ3v) is 5.36. The van der Waals surface area contributed by atoms with E-state index in [0.29, 0.717) is 13.0 Å². The van der Waals surface area contributed by atoms with Gasteiger partial charge >= 0.3 is 5.97 Å². The van der Waals surface area contributed by atoms with Crippen LogP contribution >= 0.6 is 0 Å². The van der Waals surface area contributed by atoms with Gasteiger partial charge in [-0.2, -0.15) is 0 Å². The molecule has 0 saturated heterocycles. The quantitative estimate of drug-likeness (QED) is 0.0694. The summed E-state index contributed by atoms with van der Waals surface area (Å²) in [6.45, 7) is 3.15. The van der Waals surface area contributed by atoms with Crippen molar-refractivity contribution >= 4 is 29.7 Å². The minimum absolute atomic E-state index is 0.0331. The molecule has 1 aromatic carbocycles. The van der Waals surface area contributed by atoms with Crippen LogP contribution in [0.3, 0.4) is 0 Å². The highest BCUT2D eigenvalue weighted by Crippen LogP contribution is 2.09. The van der Waals surface area contributed by atoms with Gasteiger partial charge < -0.3 is 43.4 Å². The second-order valence-corrected chi connectivity index (χ2v) is 9.08. The van der Waals surface area contributed by atoms with E-state index < -0.39 is 54.5 Å². The first-order valence-corrected chi connectivity index (χ1v) is 12.0. The van der Waals surface area contributed by atoms with Crippen LogP contribution in [0.25, 0.3) is 0 Å². The van der Waals surface area contributed by atoms with Gasteiger partial charge in [-0.15, -0.1) is 0 Å². The summed E-state index contributed by atoms with van der Waals surface area (Å²) in [4.78, 5) is 53.8. The molecule has 0 heterocycles. The first-order valence-electron chi connectivity index (χ1n) is 12.0. The number of carbonyl (C=O) groups excluding carboxylic acids is 3. The molecule has 0 radical (unpaired) electrons. The van der Waals surface area contributed by atoms with E-state index in [0.717, 1.165) is 5.56 Å². The molecule has 0 aliphatic carbocycles. The lowest BCUT2D eigenvalue weighted by Crippen LogP contribution is -2.58. The highest BCUT2D eigenvalue weighted by molar-refractivity contribution is 5.94. The average molecular weight is 522 g/mol. The van der Waals surface area contributed by atoms with Gasteiger partial charge in [-0.25, -0.2) is 4.79 Å². The normalized spacial score (nSPS) is 14.1. The summed E-state index contributed by atoms with van der Waals surface area (Å²) in [6, 6.07) is 4.38. The molecule has 11 N–H and O–H groups in total. The van der Waals surface area contributed by atoms with E-state index in [1.165, 1.54) is 0 Å². The number of guanidine groups is 1. The molecule has 0 aromatic heterocycles. The first kappa shape index (κ1) is 31.3. The lowest BCUT2D eigenvalue weighted by molar-refractivity contribution is -0.143. The van der Waals surface area contributed by atoms with E-state index in [1.807, 2.05) is 19.9 Å². The van der Waals surface area contributed by atoms with Crippen LogP contribution in [-0.4, -0.2) is 77.2 Å². The Bertz CT molecular complexity index is 921. The Kier molecular flexibility index (Phi) is 13.6. The van der Waals surface area contributed by atoms with E-state index in [-0.39, 0.29) is 31.1 Å². The molecule has 206 valence electrons. The number of hydrogen-bond acceptors (Lipinski definition) is 7. The fourth-order valence-corrected chi connectivity index (χ4v) is 3.42. The standard InChI is InChI=1S/C24H39N7O6/c1-14(2)11-17(21(34)31-19(13-32)23(36)37)30-22(35)18(12-15-7-4-3-5-8-15)29-20(33)16(25)9-6-10-28-24(26)27/h3-5,7-8,14,16-19,32H,6,9-13,25H2,1-2H3,(H,29,33)(H,30,35)(H,31,34)(H,36,37)(H4,26,27,28). The van der Waals surface area contributed by atoms with Crippen molar-refractivity contribution in [3.05, 3.63) is 35.9 Å². The van der Waals surface area contributed by atoms with E-state index >= 15 is 0 Å². The van der Waals surface area contributed by atoms with Gasteiger partial charge in [-0.1, -0.05) is 44.2 Å². The maximum atomic E-state index is 13.3. The molecule has 13 nitrogen and oxygen atoms in total. The average Bonchev–Trinajstić information content (AvgIpc) is 2.83. The number of carboxylic acids is 1. The van der Waals surface area contributed by atoms with Crippen molar-refractivity contribution in [2.45, 2.75) is 63.7 Å². The first-order chi connectivity index (χ1) is 17.4. The molecular formula is C24H39N7O6. The molecule has 1 rings (SSSR count). The zero-order valence-corrected chi connectivity index (χ0v) is 21.2. The number of benzene rings is 1. The Balaban J connectivity index is 3.01. The molecule has 0 bridgehead atoms. The second kappa shape index (κ2) is 16.1. The fourth-order valence-electron chi connectivity index (χ4n) is 3.42. The SMILES string of the molecule is CC(C)CC(NC(=O)C(Cc1ccccc1)NC(=O)C(N)CCCN=C(N)N)C(=O)NC(CO)C(=O)O. The second-order valence-electron chi connectivity index (χ2n) is 9.08. The molecule has 4 unspecified atom stereocenters. The van der Waals surface area contributed by atoms with E-state index in [2.05, 4.69) is 20.9 Å². The fraction of sp³-hybridized carbons (Fsp3) is 0.542. The van der Waals surface area contributed by atoms with Gasteiger partial charge in [-0.3, -0.25) is 19.4 Å². The number of nitrogens with two attached hydrogens (primary N) is 3. The number of hydrogen-bond donors (Lipinski definition) is 8. The number of aliphatic hydroxyl groups is 1. The Labute approximate surface area is 216 Å². The van der Waals surface area contributed by atoms with E-state index in [9.17, 15) is 24.3 Å². The molecule has 0 aliphatic rings. The topological polar surface area (TPSA) is 235 Å². The van der Waals surface area contributed by atoms with Crippen molar-refractivity contribution in [3.63, 3.8) is 0 Å². The molecule has 3 amide bonds. The van der Waals surface area contributed by atoms with Crippen LogP contribution in [0.2, 0.25) is 0 Å². The van der Waals surface area contributed by atoms with Crippen LogP contribution in [-0.2, 0) is 25.6 Å². The summed E-state index contributed by atoms with van der Waals surface area (Å²) in [5.41, 5.74) is 17.3. The molecule has 37 heavy (non-hydrogen) atoms. The van der Waals surface area contributed by atoms with Gasteiger partial charge in [0.2, 0.25) is 17.7 Å². The summed E-state index contributed by atoms with van der Waals surface area (Å²) in [6.07, 6.45) is 1.06. The van der Waals surface area contributed by atoms with Crippen LogP contribution in [0, 0.1) is 5.92 Å². The molecule has 1 aromatic rings. The molecular weight excluding hydrogens is 482 g/mol. The number of rotatable bonds is 16. The minimum Gasteiger partial charge on any atom is -0.480 e. The Morgan fingerprint density at radius 1 is 0.919 bits per heavy atom. The smallest absolute Gasteiger partial charge is 0.328 e. The van der Waals surface area contributed by atoms with Crippen molar-refractivity contribution in [1.29, 1.82) is 0 Å². The van der Waals surface area contributed by atoms with Crippen molar-refractivity contribution in [2.24, 2.45) is 28.1 Å². The Morgan fingerprint density at radius 3 is 2.03 bits per heavy atom. The van der Waals surface area contributed by atoms with Crippen molar-refractivity contribution in [3.8, 4) is 0 Å². The van der Waals surface area contributed by atoms with Gasteiger partial charge in [0, 0.05) is 13.0 Å². The zero-order chi connectivity index (χ0) is 28.0. The van der Waals surface area contributed by atoms with Crippen LogP contribution in [0.15, 0.2) is 35.3 Å². The van der Waals surface area contributed by atoms with Crippen molar-refractivity contribution in [1.82, 2.24) is 16.0 Å². The van der Waals surface area contributed by atoms with Gasteiger partial charge in [0.25, 0.3) is 0 Å². The van der Waals surface area contributed by atoms with Crippen molar-refractivity contribution < 1.29 is 29.4 Å². The molecule has 13 heteroatoms. The summed E-state index contributed by atoms with van der Waals surface area (Å²) in [7, 11) is 0. The molecule has 0 spiro atoms. The highest BCUT2D eigenvalue weighted by atomic mass is 16.4. The number of aliphatic hydroxyl groups excluding tert-OH is 1. The summed E-state index contributed by atoms with van der Waals surface area (Å²) in [5.74, 6) is -3.46. The number of nitrogens with zero attached hydrogens (tertiary/aromatic N) is 1. The van der Waals surface area contributed by atoms with Gasteiger partial charge in [0.15, 0.2) is 5.96 Å². The predicted octanol–water partition coefficient (Wildman–Crippen LogP) is -1.81. The number of aliphatic carboxylic acids is 1. The highest BCUT2D eigenvalue weighted by Gasteiger charge is 2.30. The summed E-state index contributed by atoms with van der Waals surface area (Å²) >= 11 is 0. The lowest BCUT2D eigenvalue weighted by atomic mass is 10.0. The van der Waals surface area contributed by atoms with Crippen LogP contribution < -0.4 is 33.2 Å². The molecule has 4 atom stereocenters. The molecule has 0 saturated carbocycles. The lowest BCUT2D eigenvalue weighted by Gasteiger charge is -2.26. The number of nitrogens with one attached hydrogen (secondary N) is 3. The third kappa shape index (κ3) is 12.2.